The summed E-state index contributed by atoms with van der Waals surface area (Å²) >= 11 is 1.56. The highest BCUT2D eigenvalue weighted by atomic mass is 127. The second kappa shape index (κ2) is 11.7. The molecule has 0 bridgehead atoms. The van der Waals surface area contributed by atoms with E-state index in [1.165, 1.54) is 6.07 Å². The van der Waals surface area contributed by atoms with Gasteiger partial charge in [0.25, 0.3) is 0 Å². The molecule has 8 heteroatoms. The first-order valence-corrected chi connectivity index (χ1v) is 9.95. The Morgan fingerprint density at radius 1 is 1.29 bits per heavy atom. The molecule has 1 atom stereocenters. The molecule has 0 aliphatic rings. The lowest BCUT2D eigenvalue weighted by atomic mass is 9.99. The molecule has 3 N–H and O–H groups in total. The third-order valence-electron chi connectivity index (χ3n) is 4.10. The minimum Gasteiger partial charge on any atom is -0.384 e. The maximum Gasteiger partial charge on any atom is 0.191 e. The average molecular weight is 520 g/mol. The van der Waals surface area contributed by atoms with Crippen LogP contribution in [0.2, 0.25) is 0 Å². The Hall–Kier alpha value is -1.23. The van der Waals surface area contributed by atoms with E-state index in [-0.39, 0.29) is 29.8 Å². The van der Waals surface area contributed by atoms with Crippen LogP contribution in [0.1, 0.15) is 30.5 Å². The Balaban J connectivity index is 0.00000392. The van der Waals surface area contributed by atoms with E-state index in [2.05, 4.69) is 15.6 Å². The standard InChI is InChI=1S/C20H29FN4OS.HI/c1-5-22-19(24-14-20(2,26)17-8-9-27-13-17)23-11-15-6-7-18(21)16(10-15)12-25(3)4;/h6-10,13,26H,5,11-12,14H2,1-4H3,(H2,22,23,24);1H. The van der Waals surface area contributed by atoms with Gasteiger partial charge in [0.05, 0.1) is 13.1 Å². The summed E-state index contributed by atoms with van der Waals surface area (Å²) in [5, 5.41) is 20.9. The van der Waals surface area contributed by atoms with Crippen molar-refractivity contribution in [2.24, 2.45) is 4.99 Å². The fraction of sp³-hybridized carbons (Fsp3) is 0.450. The maximum absolute atomic E-state index is 13.9. The van der Waals surface area contributed by atoms with E-state index in [9.17, 15) is 9.50 Å². The number of aliphatic imine (C=N–C) groups is 1. The van der Waals surface area contributed by atoms with Gasteiger partial charge in [-0.1, -0.05) is 6.07 Å². The van der Waals surface area contributed by atoms with Gasteiger partial charge in [0, 0.05) is 18.7 Å². The number of hydrogen-bond acceptors (Lipinski definition) is 4. The summed E-state index contributed by atoms with van der Waals surface area (Å²) in [6, 6.07) is 7.01. The number of halogens is 2. The van der Waals surface area contributed by atoms with Crippen LogP contribution in [0.3, 0.4) is 0 Å². The van der Waals surface area contributed by atoms with Crippen LogP contribution < -0.4 is 10.6 Å². The van der Waals surface area contributed by atoms with Gasteiger partial charge in [0.15, 0.2) is 5.96 Å². The van der Waals surface area contributed by atoms with Crippen LogP contribution >= 0.6 is 35.3 Å². The minimum atomic E-state index is -0.981. The Morgan fingerprint density at radius 2 is 2.04 bits per heavy atom. The van der Waals surface area contributed by atoms with Crippen LogP contribution in [0.5, 0.6) is 0 Å². The number of guanidine groups is 1. The van der Waals surface area contributed by atoms with E-state index in [1.54, 1.807) is 24.3 Å². The van der Waals surface area contributed by atoms with Gasteiger partial charge in [-0.05, 0) is 68.0 Å². The molecule has 0 saturated carbocycles. The molecule has 0 spiro atoms. The van der Waals surface area contributed by atoms with E-state index in [1.807, 2.05) is 48.8 Å². The van der Waals surface area contributed by atoms with Crippen molar-refractivity contribution in [3.05, 3.63) is 57.5 Å². The zero-order valence-electron chi connectivity index (χ0n) is 16.8. The molecule has 28 heavy (non-hydrogen) atoms. The third-order valence-corrected chi connectivity index (χ3v) is 4.79. The van der Waals surface area contributed by atoms with Gasteiger partial charge in [-0.15, -0.1) is 24.0 Å². The number of aliphatic hydroxyl groups is 1. The van der Waals surface area contributed by atoms with Gasteiger partial charge in [-0.25, -0.2) is 9.38 Å². The Kier molecular flexibility index (Phi) is 10.4. The molecule has 0 fully saturated rings. The molecule has 2 aromatic rings. The summed E-state index contributed by atoms with van der Waals surface area (Å²) < 4.78 is 13.9. The molecular formula is C20H30FIN4OS. The molecule has 0 amide bonds. The van der Waals surface area contributed by atoms with Crippen LogP contribution in [-0.4, -0.2) is 43.2 Å². The maximum atomic E-state index is 13.9. The number of rotatable bonds is 8. The highest BCUT2D eigenvalue weighted by Crippen LogP contribution is 2.22. The molecule has 0 radical (unpaired) electrons. The number of hydrogen-bond donors (Lipinski definition) is 3. The average Bonchev–Trinajstić information content (AvgIpc) is 3.15. The minimum absolute atomic E-state index is 0. The Bertz CT molecular complexity index is 751. The fourth-order valence-corrected chi connectivity index (χ4v) is 3.41. The summed E-state index contributed by atoms with van der Waals surface area (Å²) in [6.45, 7) is 5.79. The normalized spacial score (nSPS) is 13.8. The number of thiophene rings is 1. The van der Waals surface area contributed by atoms with Crippen LogP contribution in [0.25, 0.3) is 0 Å². The third kappa shape index (κ3) is 7.65. The van der Waals surface area contributed by atoms with Gasteiger partial charge < -0.3 is 20.6 Å². The van der Waals surface area contributed by atoms with E-state index < -0.39 is 5.60 Å². The number of benzene rings is 1. The summed E-state index contributed by atoms with van der Waals surface area (Å²) in [5.74, 6) is 0.416. The Labute approximate surface area is 188 Å². The SMILES string of the molecule is CCNC(=NCc1ccc(F)c(CN(C)C)c1)NCC(C)(O)c1ccsc1.I. The van der Waals surface area contributed by atoms with Crippen molar-refractivity contribution in [3.63, 3.8) is 0 Å². The summed E-state index contributed by atoms with van der Waals surface area (Å²) in [4.78, 5) is 6.50. The van der Waals surface area contributed by atoms with Crippen LogP contribution in [0.15, 0.2) is 40.0 Å². The molecule has 1 unspecified atom stereocenters. The quantitative estimate of drug-likeness (QED) is 0.283. The van der Waals surface area contributed by atoms with Crippen molar-refractivity contribution in [2.75, 3.05) is 27.2 Å². The van der Waals surface area contributed by atoms with Gasteiger partial charge >= 0.3 is 0 Å². The molecule has 5 nitrogen and oxygen atoms in total. The van der Waals surface area contributed by atoms with Crippen molar-refractivity contribution < 1.29 is 9.50 Å². The zero-order valence-corrected chi connectivity index (χ0v) is 20.0. The molecule has 2 rings (SSSR count). The molecular weight excluding hydrogens is 490 g/mol. The van der Waals surface area contributed by atoms with E-state index in [4.69, 9.17) is 0 Å². The first kappa shape index (κ1) is 24.8. The van der Waals surface area contributed by atoms with Crippen molar-refractivity contribution in [1.82, 2.24) is 15.5 Å². The van der Waals surface area contributed by atoms with Crippen molar-refractivity contribution in [3.8, 4) is 0 Å². The predicted octanol–water partition coefficient (Wildman–Crippen LogP) is 3.53. The van der Waals surface area contributed by atoms with Gasteiger partial charge in [0.2, 0.25) is 0 Å². The van der Waals surface area contributed by atoms with Crippen LogP contribution in [0, 0.1) is 5.82 Å². The van der Waals surface area contributed by atoms with Gasteiger partial charge in [-0.2, -0.15) is 11.3 Å². The lowest BCUT2D eigenvalue weighted by Gasteiger charge is -2.24. The van der Waals surface area contributed by atoms with Gasteiger partial charge in [0.1, 0.15) is 11.4 Å². The summed E-state index contributed by atoms with van der Waals surface area (Å²) in [5.41, 5.74) is 1.49. The molecule has 1 aromatic carbocycles. The molecule has 0 aliphatic heterocycles. The van der Waals surface area contributed by atoms with Crippen LogP contribution in [0.4, 0.5) is 4.39 Å². The molecule has 1 aromatic heterocycles. The topological polar surface area (TPSA) is 59.9 Å². The monoisotopic (exact) mass is 520 g/mol. The lowest BCUT2D eigenvalue weighted by Crippen LogP contribution is -2.44. The van der Waals surface area contributed by atoms with E-state index in [0.29, 0.717) is 37.7 Å². The highest BCUT2D eigenvalue weighted by molar-refractivity contribution is 14.0. The van der Waals surface area contributed by atoms with Crippen molar-refractivity contribution in [2.45, 2.75) is 32.5 Å². The highest BCUT2D eigenvalue weighted by Gasteiger charge is 2.23. The first-order valence-electron chi connectivity index (χ1n) is 9.01. The van der Waals surface area contributed by atoms with E-state index in [0.717, 1.165) is 11.1 Å². The largest absolute Gasteiger partial charge is 0.384 e. The molecule has 1 heterocycles. The zero-order chi connectivity index (χ0) is 19.9. The number of nitrogens with one attached hydrogen (secondary N) is 2. The Morgan fingerprint density at radius 3 is 2.64 bits per heavy atom. The summed E-state index contributed by atoms with van der Waals surface area (Å²) in [6.07, 6.45) is 0. The predicted molar refractivity (Wildman–Crippen MR) is 126 cm³/mol. The molecule has 156 valence electrons. The van der Waals surface area contributed by atoms with E-state index >= 15 is 0 Å². The fourth-order valence-electron chi connectivity index (χ4n) is 2.63. The van der Waals surface area contributed by atoms with Gasteiger partial charge in [-0.3, -0.25) is 0 Å². The van der Waals surface area contributed by atoms with Crippen LogP contribution in [-0.2, 0) is 18.7 Å². The van der Waals surface area contributed by atoms with Crippen molar-refractivity contribution >= 4 is 41.3 Å². The molecule has 0 aliphatic carbocycles. The van der Waals surface area contributed by atoms with Crippen molar-refractivity contribution in [1.29, 1.82) is 0 Å². The smallest absolute Gasteiger partial charge is 0.191 e. The first-order chi connectivity index (χ1) is 12.8. The second-order valence-corrected chi connectivity index (χ2v) is 7.78. The number of nitrogens with zero attached hydrogens (tertiary/aromatic N) is 2. The second-order valence-electron chi connectivity index (χ2n) is 7.00. The molecule has 0 saturated heterocycles. The summed E-state index contributed by atoms with van der Waals surface area (Å²) in [7, 11) is 3.83. The lowest BCUT2D eigenvalue weighted by molar-refractivity contribution is 0.0621.